The summed E-state index contributed by atoms with van der Waals surface area (Å²) in [5, 5.41) is 8.71. The zero-order chi connectivity index (χ0) is 14.2. The van der Waals surface area contributed by atoms with E-state index in [9.17, 15) is 4.79 Å². The van der Waals surface area contributed by atoms with Crippen LogP contribution in [0.25, 0.3) is 0 Å². The van der Waals surface area contributed by atoms with Gasteiger partial charge in [-0.05, 0) is 43.6 Å². The molecule has 1 heterocycles. The van der Waals surface area contributed by atoms with Crippen LogP contribution in [0, 0.1) is 0 Å². The molecule has 5 heteroatoms. The van der Waals surface area contributed by atoms with Gasteiger partial charge in [-0.1, -0.05) is 25.0 Å². The van der Waals surface area contributed by atoms with E-state index in [0.717, 1.165) is 17.9 Å². The number of carboxylic acids is 1. The van der Waals surface area contributed by atoms with Crippen LogP contribution >= 0.6 is 12.4 Å². The molecule has 1 aromatic rings. The maximum absolute atomic E-state index is 10.6. The van der Waals surface area contributed by atoms with Gasteiger partial charge in [-0.3, -0.25) is 9.69 Å². The molecule has 1 aliphatic rings. The molecule has 0 atom stereocenters. The highest BCUT2D eigenvalue weighted by atomic mass is 35.5. The monoisotopic (exact) mass is 313 g/mol. The summed E-state index contributed by atoms with van der Waals surface area (Å²) in [6, 6.07) is 7.33. The van der Waals surface area contributed by atoms with E-state index in [4.69, 9.17) is 9.84 Å². The molecule has 2 rings (SSSR count). The Morgan fingerprint density at radius 1 is 1.10 bits per heavy atom. The SMILES string of the molecule is Cl.O=C(O)Cc1ccc(OCCN2CCCCCC2)cc1. The zero-order valence-corrected chi connectivity index (χ0v) is 13.1. The molecule has 0 bridgehead atoms. The first kappa shape index (κ1) is 17.8. The Bertz CT molecular complexity index is 414. The van der Waals surface area contributed by atoms with Crippen LogP contribution in [0.1, 0.15) is 31.2 Å². The van der Waals surface area contributed by atoms with E-state index in [-0.39, 0.29) is 18.8 Å². The van der Waals surface area contributed by atoms with Crippen molar-refractivity contribution in [1.82, 2.24) is 4.90 Å². The molecule has 1 N–H and O–H groups in total. The Hall–Kier alpha value is -1.26. The summed E-state index contributed by atoms with van der Waals surface area (Å²) < 4.78 is 5.72. The standard InChI is InChI=1S/C16H23NO3.ClH/c18-16(19)13-14-5-7-15(8-6-14)20-12-11-17-9-3-1-2-4-10-17;/h5-8H,1-4,9-13H2,(H,18,19);1H. The van der Waals surface area contributed by atoms with Gasteiger partial charge in [0.1, 0.15) is 12.4 Å². The maximum atomic E-state index is 10.6. The number of likely N-dealkylation sites (tertiary alicyclic amines) is 1. The fraction of sp³-hybridized carbons (Fsp3) is 0.562. The molecule has 1 saturated heterocycles. The molecule has 21 heavy (non-hydrogen) atoms. The normalized spacial score (nSPS) is 15.8. The van der Waals surface area contributed by atoms with Crippen molar-refractivity contribution < 1.29 is 14.6 Å². The Kier molecular flexibility index (Phi) is 8.16. The van der Waals surface area contributed by atoms with Gasteiger partial charge in [-0.15, -0.1) is 12.4 Å². The van der Waals surface area contributed by atoms with E-state index in [1.54, 1.807) is 0 Å². The molecule has 1 aliphatic heterocycles. The number of aliphatic carboxylic acids is 1. The first-order valence-electron chi connectivity index (χ1n) is 7.40. The fourth-order valence-corrected chi connectivity index (χ4v) is 2.53. The molecular weight excluding hydrogens is 290 g/mol. The second-order valence-corrected chi connectivity index (χ2v) is 5.32. The maximum Gasteiger partial charge on any atom is 0.307 e. The van der Waals surface area contributed by atoms with E-state index in [1.165, 1.54) is 38.8 Å². The van der Waals surface area contributed by atoms with Gasteiger partial charge in [-0.2, -0.15) is 0 Å². The predicted octanol–water partition coefficient (Wildman–Crippen LogP) is 2.99. The van der Waals surface area contributed by atoms with Gasteiger partial charge in [-0.25, -0.2) is 0 Å². The molecule has 118 valence electrons. The minimum absolute atomic E-state index is 0. The van der Waals surface area contributed by atoms with Crippen LogP contribution in [-0.2, 0) is 11.2 Å². The van der Waals surface area contributed by atoms with Crippen molar-refractivity contribution in [1.29, 1.82) is 0 Å². The number of rotatable bonds is 6. The van der Waals surface area contributed by atoms with Gasteiger partial charge in [0.2, 0.25) is 0 Å². The summed E-state index contributed by atoms with van der Waals surface area (Å²) in [6.07, 6.45) is 5.35. The number of hydrogen-bond donors (Lipinski definition) is 1. The Balaban J connectivity index is 0.00000220. The van der Waals surface area contributed by atoms with Crippen molar-refractivity contribution in [2.45, 2.75) is 32.1 Å². The van der Waals surface area contributed by atoms with Crippen LogP contribution in [0.4, 0.5) is 0 Å². The van der Waals surface area contributed by atoms with Gasteiger partial charge < -0.3 is 9.84 Å². The predicted molar refractivity (Wildman–Crippen MR) is 85.4 cm³/mol. The third-order valence-corrected chi connectivity index (χ3v) is 3.65. The summed E-state index contributed by atoms with van der Waals surface area (Å²) in [4.78, 5) is 13.1. The van der Waals surface area contributed by atoms with Gasteiger partial charge in [0.15, 0.2) is 0 Å². The lowest BCUT2D eigenvalue weighted by molar-refractivity contribution is -0.136. The molecule has 1 fully saturated rings. The number of hydrogen-bond acceptors (Lipinski definition) is 3. The average molecular weight is 314 g/mol. The number of benzene rings is 1. The Morgan fingerprint density at radius 2 is 1.71 bits per heavy atom. The highest BCUT2D eigenvalue weighted by molar-refractivity contribution is 5.85. The topological polar surface area (TPSA) is 49.8 Å². The quantitative estimate of drug-likeness (QED) is 0.877. The van der Waals surface area contributed by atoms with E-state index >= 15 is 0 Å². The van der Waals surface area contributed by atoms with Gasteiger partial charge in [0, 0.05) is 6.54 Å². The molecular formula is C16H24ClNO3. The Morgan fingerprint density at radius 3 is 2.29 bits per heavy atom. The first-order chi connectivity index (χ1) is 9.74. The minimum atomic E-state index is -0.806. The second kappa shape index (κ2) is 9.64. The highest BCUT2D eigenvalue weighted by Gasteiger charge is 2.08. The summed E-state index contributed by atoms with van der Waals surface area (Å²) >= 11 is 0. The lowest BCUT2D eigenvalue weighted by Gasteiger charge is -2.19. The minimum Gasteiger partial charge on any atom is -0.492 e. The molecule has 0 spiro atoms. The van der Waals surface area contributed by atoms with Crippen LogP contribution < -0.4 is 4.74 Å². The van der Waals surface area contributed by atoms with Crippen molar-refractivity contribution in [3.05, 3.63) is 29.8 Å². The second-order valence-electron chi connectivity index (χ2n) is 5.32. The molecule has 1 aromatic carbocycles. The summed E-state index contributed by atoms with van der Waals surface area (Å²) in [6.45, 7) is 4.02. The van der Waals surface area contributed by atoms with Crippen molar-refractivity contribution >= 4 is 18.4 Å². The summed E-state index contributed by atoms with van der Waals surface area (Å²) in [5.74, 6) is 0.00814. The number of ether oxygens (including phenoxy) is 1. The van der Waals surface area contributed by atoms with E-state index < -0.39 is 5.97 Å². The van der Waals surface area contributed by atoms with E-state index in [1.807, 2.05) is 24.3 Å². The zero-order valence-electron chi connectivity index (χ0n) is 12.3. The lowest BCUT2D eigenvalue weighted by Crippen LogP contribution is -2.29. The van der Waals surface area contributed by atoms with Crippen LogP contribution in [-0.4, -0.2) is 42.2 Å². The van der Waals surface area contributed by atoms with Crippen molar-refractivity contribution in [2.24, 2.45) is 0 Å². The number of carboxylic acid groups (broad SMARTS) is 1. The Labute approximate surface area is 132 Å². The highest BCUT2D eigenvalue weighted by Crippen LogP contribution is 2.13. The molecule has 4 nitrogen and oxygen atoms in total. The third kappa shape index (κ3) is 6.82. The van der Waals surface area contributed by atoms with Gasteiger partial charge in [0.25, 0.3) is 0 Å². The molecule has 0 aromatic heterocycles. The van der Waals surface area contributed by atoms with Crippen LogP contribution in [0.15, 0.2) is 24.3 Å². The van der Waals surface area contributed by atoms with Crippen molar-refractivity contribution in [3.63, 3.8) is 0 Å². The van der Waals surface area contributed by atoms with Crippen molar-refractivity contribution in [2.75, 3.05) is 26.2 Å². The van der Waals surface area contributed by atoms with Crippen LogP contribution in [0.5, 0.6) is 5.75 Å². The average Bonchev–Trinajstić information content (AvgIpc) is 2.69. The number of nitrogens with zero attached hydrogens (tertiary/aromatic N) is 1. The summed E-state index contributed by atoms with van der Waals surface area (Å²) in [5.41, 5.74) is 0.803. The molecule has 0 aliphatic carbocycles. The van der Waals surface area contributed by atoms with E-state index in [2.05, 4.69) is 4.90 Å². The number of halogens is 1. The smallest absolute Gasteiger partial charge is 0.307 e. The van der Waals surface area contributed by atoms with Crippen molar-refractivity contribution in [3.8, 4) is 5.75 Å². The van der Waals surface area contributed by atoms with Crippen LogP contribution in [0.2, 0.25) is 0 Å². The van der Waals surface area contributed by atoms with Gasteiger partial charge >= 0.3 is 5.97 Å². The fourth-order valence-electron chi connectivity index (χ4n) is 2.53. The molecule has 0 radical (unpaired) electrons. The molecule has 0 saturated carbocycles. The summed E-state index contributed by atoms with van der Waals surface area (Å²) in [7, 11) is 0. The molecule has 0 amide bonds. The first-order valence-corrected chi connectivity index (χ1v) is 7.40. The van der Waals surface area contributed by atoms with Gasteiger partial charge in [0.05, 0.1) is 6.42 Å². The van der Waals surface area contributed by atoms with E-state index in [0.29, 0.717) is 6.61 Å². The van der Waals surface area contributed by atoms with Crippen LogP contribution in [0.3, 0.4) is 0 Å². The number of carbonyl (C=O) groups is 1. The molecule has 0 unspecified atom stereocenters. The largest absolute Gasteiger partial charge is 0.492 e. The lowest BCUT2D eigenvalue weighted by atomic mass is 10.1. The third-order valence-electron chi connectivity index (χ3n) is 3.65.